The van der Waals surface area contributed by atoms with Crippen molar-refractivity contribution in [2.24, 2.45) is 5.92 Å². The maximum absolute atomic E-state index is 6.18. The Hall–Kier alpha value is -0.240. The molecule has 1 rings (SSSR count). The second-order valence-electron chi connectivity index (χ2n) is 6.01. The maximum Gasteiger partial charge on any atom is 0.0452 e. The van der Waals surface area contributed by atoms with Crippen molar-refractivity contribution in [1.82, 2.24) is 5.32 Å². The molecule has 0 radical (unpaired) electrons. The molecular weight excluding hydrogens is 265 g/mol. The van der Waals surface area contributed by atoms with Crippen molar-refractivity contribution in [1.29, 1.82) is 0 Å². The van der Waals surface area contributed by atoms with Crippen LogP contribution in [-0.4, -0.2) is 12.1 Å². The SMILES string of the molecule is CC(CCNC(C)(C)C)Cc1ccc(Cl)cc1Cl. The van der Waals surface area contributed by atoms with Gasteiger partial charge in [-0.25, -0.2) is 0 Å². The normalized spacial score (nSPS) is 13.7. The largest absolute Gasteiger partial charge is 0.312 e. The topological polar surface area (TPSA) is 12.0 Å². The summed E-state index contributed by atoms with van der Waals surface area (Å²) < 4.78 is 0. The first-order chi connectivity index (χ1) is 8.28. The van der Waals surface area contributed by atoms with Crippen LogP contribution in [0.4, 0.5) is 0 Å². The van der Waals surface area contributed by atoms with E-state index < -0.39 is 0 Å². The Labute approximate surface area is 121 Å². The Morgan fingerprint density at radius 2 is 1.89 bits per heavy atom. The van der Waals surface area contributed by atoms with Gasteiger partial charge >= 0.3 is 0 Å². The minimum Gasteiger partial charge on any atom is -0.312 e. The molecule has 1 unspecified atom stereocenters. The van der Waals surface area contributed by atoms with Crippen LogP contribution in [0.1, 0.15) is 39.7 Å². The molecule has 0 aromatic heterocycles. The summed E-state index contributed by atoms with van der Waals surface area (Å²) in [4.78, 5) is 0. The fraction of sp³-hybridized carbons (Fsp3) is 0.600. The van der Waals surface area contributed by atoms with E-state index in [1.54, 1.807) is 0 Å². The summed E-state index contributed by atoms with van der Waals surface area (Å²) in [6.45, 7) is 9.86. The molecule has 0 heterocycles. The first-order valence-electron chi connectivity index (χ1n) is 6.47. The van der Waals surface area contributed by atoms with Gasteiger partial charge in [0.1, 0.15) is 0 Å². The highest BCUT2D eigenvalue weighted by molar-refractivity contribution is 6.35. The number of hydrogen-bond acceptors (Lipinski definition) is 1. The van der Waals surface area contributed by atoms with Gasteiger partial charge in [-0.2, -0.15) is 0 Å². The van der Waals surface area contributed by atoms with E-state index in [4.69, 9.17) is 23.2 Å². The lowest BCUT2D eigenvalue weighted by molar-refractivity contribution is 0.394. The molecule has 0 amide bonds. The van der Waals surface area contributed by atoms with Crippen LogP contribution in [0.5, 0.6) is 0 Å². The molecular formula is C15H23Cl2N. The molecule has 0 fully saturated rings. The monoisotopic (exact) mass is 287 g/mol. The van der Waals surface area contributed by atoms with Crippen LogP contribution < -0.4 is 5.32 Å². The minimum atomic E-state index is 0.192. The van der Waals surface area contributed by atoms with E-state index in [-0.39, 0.29) is 5.54 Å². The average Bonchev–Trinajstić information content (AvgIpc) is 2.20. The molecule has 0 aliphatic rings. The number of hydrogen-bond donors (Lipinski definition) is 1. The van der Waals surface area contributed by atoms with Crippen molar-refractivity contribution in [2.75, 3.05) is 6.54 Å². The lowest BCUT2D eigenvalue weighted by atomic mass is 9.97. The van der Waals surface area contributed by atoms with Gasteiger partial charge in [-0.1, -0.05) is 36.2 Å². The third-order valence-electron chi connectivity index (χ3n) is 2.88. The Balaban J connectivity index is 2.42. The smallest absolute Gasteiger partial charge is 0.0452 e. The van der Waals surface area contributed by atoms with Crippen LogP contribution in [0.3, 0.4) is 0 Å². The highest BCUT2D eigenvalue weighted by Crippen LogP contribution is 2.24. The molecule has 0 saturated heterocycles. The van der Waals surface area contributed by atoms with Gasteiger partial charge in [0.25, 0.3) is 0 Å². The van der Waals surface area contributed by atoms with Crippen molar-refractivity contribution < 1.29 is 0 Å². The minimum absolute atomic E-state index is 0.192. The van der Waals surface area contributed by atoms with Gasteiger partial charge in [0.05, 0.1) is 0 Å². The quantitative estimate of drug-likeness (QED) is 0.808. The van der Waals surface area contributed by atoms with E-state index in [1.807, 2.05) is 18.2 Å². The Morgan fingerprint density at radius 3 is 2.44 bits per heavy atom. The molecule has 0 spiro atoms. The lowest BCUT2D eigenvalue weighted by Gasteiger charge is -2.22. The first-order valence-corrected chi connectivity index (χ1v) is 7.22. The van der Waals surface area contributed by atoms with Gasteiger partial charge in [0, 0.05) is 15.6 Å². The average molecular weight is 288 g/mol. The number of benzene rings is 1. The highest BCUT2D eigenvalue weighted by atomic mass is 35.5. The zero-order chi connectivity index (χ0) is 13.8. The van der Waals surface area contributed by atoms with E-state index in [9.17, 15) is 0 Å². The summed E-state index contributed by atoms with van der Waals surface area (Å²) >= 11 is 12.1. The number of halogens is 2. The van der Waals surface area contributed by atoms with Crippen LogP contribution in [0.2, 0.25) is 10.0 Å². The van der Waals surface area contributed by atoms with Gasteiger partial charge in [0.15, 0.2) is 0 Å². The standard InChI is InChI=1S/C15H23Cl2N/c1-11(7-8-18-15(2,3)4)9-12-5-6-13(16)10-14(12)17/h5-6,10-11,18H,7-9H2,1-4H3. The maximum atomic E-state index is 6.18. The van der Waals surface area contributed by atoms with E-state index in [1.165, 1.54) is 5.56 Å². The molecule has 1 aromatic rings. The molecule has 1 nitrogen and oxygen atoms in total. The summed E-state index contributed by atoms with van der Waals surface area (Å²) in [6, 6.07) is 5.75. The third-order valence-corrected chi connectivity index (χ3v) is 3.46. The summed E-state index contributed by atoms with van der Waals surface area (Å²) in [5.74, 6) is 0.610. The molecule has 1 aromatic carbocycles. The molecule has 1 N–H and O–H groups in total. The first kappa shape index (κ1) is 15.8. The van der Waals surface area contributed by atoms with Crippen LogP contribution in [-0.2, 0) is 6.42 Å². The molecule has 3 heteroatoms. The zero-order valence-corrected chi connectivity index (χ0v) is 13.2. The highest BCUT2D eigenvalue weighted by Gasteiger charge is 2.11. The van der Waals surface area contributed by atoms with Crippen LogP contribution in [0.15, 0.2) is 18.2 Å². The molecule has 0 aliphatic carbocycles. The number of nitrogens with one attached hydrogen (secondary N) is 1. The molecule has 0 saturated carbocycles. The summed E-state index contributed by atoms with van der Waals surface area (Å²) in [7, 11) is 0. The van der Waals surface area contributed by atoms with Crippen molar-refractivity contribution in [3.05, 3.63) is 33.8 Å². The summed E-state index contributed by atoms with van der Waals surface area (Å²) in [5.41, 5.74) is 1.38. The van der Waals surface area contributed by atoms with Crippen molar-refractivity contribution in [3.8, 4) is 0 Å². The van der Waals surface area contributed by atoms with Gasteiger partial charge < -0.3 is 5.32 Å². The van der Waals surface area contributed by atoms with Gasteiger partial charge in [0.2, 0.25) is 0 Å². The molecule has 0 bridgehead atoms. The van der Waals surface area contributed by atoms with Crippen LogP contribution in [0, 0.1) is 5.92 Å². The van der Waals surface area contributed by atoms with Gasteiger partial charge in [-0.05, 0) is 63.8 Å². The molecule has 0 aliphatic heterocycles. The van der Waals surface area contributed by atoms with E-state index in [2.05, 4.69) is 33.0 Å². The fourth-order valence-corrected chi connectivity index (χ4v) is 2.34. The summed E-state index contributed by atoms with van der Waals surface area (Å²) in [6.07, 6.45) is 2.15. The predicted octanol–water partition coefficient (Wildman–Crippen LogP) is 4.95. The predicted molar refractivity (Wildman–Crippen MR) is 81.7 cm³/mol. The second-order valence-corrected chi connectivity index (χ2v) is 6.85. The zero-order valence-electron chi connectivity index (χ0n) is 11.7. The Kier molecular flexibility index (Phi) is 5.97. The lowest BCUT2D eigenvalue weighted by Crippen LogP contribution is -2.37. The van der Waals surface area contributed by atoms with E-state index in [0.717, 1.165) is 24.4 Å². The van der Waals surface area contributed by atoms with Crippen LogP contribution >= 0.6 is 23.2 Å². The van der Waals surface area contributed by atoms with E-state index in [0.29, 0.717) is 10.9 Å². The molecule has 102 valence electrons. The van der Waals surface area contributed by atoms with Crippen molar-refractivity contribution >= 4 is 23.2 Å². The number of rotatable bonds is 5. The van der Waals surface area contributed by atoms with Crippen molar-refractivity contribution in [3.63, 3.8) is 0 Å². The fourth-order valence-electron chi connectivity index (χ4n) is 1.86. The molecule has 1 atom stereocenters. The Morgan fingerprint density at radius 1 is 1.22 bits per heavy atom. The second kappa shape index (κ2) is 6.79. The third kappa shape index (κ3) is 6.08. The molecule has 18 heavy (non-hydrogen) atoms. The Bertz CT molecular complexity index is 383. The van der Waals surface area contributed by atoms with Gasteiger partial charge in [-0.3, -0.25) is 0 Å². The summed E-state index contributed by atoms with van der Waals surface area (Å²) in [5, 5.41) is 4.98. The van der Waals surface area contributed by atoms with E-state index >= 15 is 0 Å². The van der Waals surface area contributed by atoms with Gasteiger partial charge in [-0.15, -0.1) is 0 Å². The van der Waals surface area contributed by atoms with Crippen LogP contribution in [0.25, 0.3) is 0 Å². The van der Waals surface area contributed by atoms with Crippen molar-refractivity contribution in [2.45, 2.75) is 46.1 Å².